The summed E-state index contributed by atoms with van der Waals surface area (Å²) in [7, 11) is 1.51. The molecule has 1 heterocycles. The van der Waals surface area contributed by atoms with Crippen LogP contribution < -0.4 is 4.74 Å². The van der Waals surface area contributed by atoms with E-state index in [1.807, 2.05) is 0 Å². The van der Waals surface area contributed by atoms with Crippen LogP contribution in [-0.2, 0) is 0 Å². The molecule has 0 aliphatic rings. The number of aromatic nitrogens is 2. The van der Waals surface area contributed by atoms with E-state index < -0.39 is 6.08 Å². The van der Waals surface area contributed by atoms with Crippen molar-refractivity contribution in [2.24, 2.45) is 0 Å². The van der Waals surface area contributed by atoms with Gasteiger partial charge in [0.05, 0.1) is 7.11 Å². The molecule has 0 unspecified atom stereocenters. The number of halogens is 2. The van der Waals surface area contributed by atoms with E-state index in [0.717, 1.165) is 6.08 Å². The van der Waals surface area contributed by atoms with Crippen LogP contribution in [0.2, 0.25) is 0 Å². The number of ether oxygens (including phenoxy) is 1. The molecule has 0 saturated heterocycles. The standard InChI is InChI=1S/C9H10F2N2OS/c1-14-8-4-5-12-9(13-8)15-6-2-3-7(10)11/h3-5H,2,6H2,1H3. The molecule has 82 valence electrons. The fourth-order valence-corrected chi connectivity index (χ4v) is 1.53. The first-order valence-electron chi connectivity index (χ1n) is 4.23. The topological polar surface area (TPSA) is 35.0 Å². The zero-order valence-corrected chi connectivity index (χ0v) is 8.93. The van der Waals surface area contributed by atoms with Crippen molar-refractivity contribution in [3.05, 3.63) is 24.4 Å². The van der Waals surface area contributed by atoms with E-state index in [1.165, 1.54) is 18.9 Å². The lowest BCUT2D eigenvalue weighted by Gasteiger charge is -2.00. The molecular formula is C9H10F2N2OS. The summed E-state index contributed by atoms with van der Waals surface area (Å²) in [6.45, 7) is 0. The molecule has 6 heteroatoms. The maximum Gasteiger partial charge on any atom is 0.266 e. The van der Waals surface area contributed by atoms with Crippen LogP contribution in [0.15, 0.2) is 29.6 Å². The Morgan fingerprint density at radius 2 is 2.40 bits per heavy atom. The SMILES string of the molecule is COc1ccnc(SCCC=C(F)F)n1. The van der Waals surface area contributed by atoms with Gasteiger partial charge in [-0.15, -0.1) is 0 Å². The lowest BCUT2D eigenvalue weighted by atomic mass is 10.5. The molecule has 0 bridgehead atoms. The molecule has 15 heavy (non-hydrogen) atoms. The first-order valence-corrected chi connectivity index (χ1v) is 5.22. The summed E-state index contributed by atoms with van der Waals surface area (Å²) in [5.41, 5.74) is 0. The molecule has 0 radical (unpaired) electrons. The highest BCUT2D eigenvalue weighted by molar-refractivity contribution is 7.99. The molecule has 1 aromatic rings. The minimum Gasteiger partial charge on any atom is -0.481 e. The maximum absolute atomic E-state index is 11.7. The molecule has 0 aliphatic heterocycles. The Balaban J connectivity index is 2.40. The molecule has 0 N–H and O–H groups in total. The van der Waals surface area contributed by atoms with Gasteiger partial charge in [-0.05, 0) is 12.5 Å². The van der Waals surface area contributed by atoms with Gasteiger partial charge in [-0.25, -0.2) is 4.98 Å². The quantitative estimate of drug-likeness (QED) is 0.444. The molecule has 0 fully saturated rings. The average Bonchev–Trinajstić information content (AvgIpc) is 2.24. The Kier molecular flexibility index (Phi) is 5.03. The van der Waals surface area contributed by atoms with E-state index in [-0.39, 0.29) is 0 Å². The minimum absolute atomic E-state index is 0.299. The molecule has 0 spiro atoms. The Bertz CT molecular complexity index is 343. The van der Waals surface area contributed by atoms with E-state index in [4.69, 9.17) is 4.74 Å². The van der Waals surface area contributed by atoms with Gasteiger partial charge in [0.15, 0.2) is 5.16 Å². The highest BCUT2D eigenvalue weighted by Gasteiger charge is 1.99. The molecule has 0 saturated carbocycles. The Morgan fingerprint density at radius 1 is 1.60 bits per heavy atom. The predicted molar refractivity (Wildman–Crippen MR) is 54.2 cm³/mol. The number of methoxy groups -OCH3 is 1. The van der Waals surface area contributed by atoms with Gasteiger partial charge in [0.25, 0.3) is 6.08 Å². The largest absolute Gasteiger partial charge is 0.481 e. The highest BCUT2D eigenvalue weighted by atomic mass is 32.2. The summed E-state index contributed by atoms with van der Waals surface area (Å²) in [4.78, 5) is 8.00. The number of hydrogen-bond acceptors (Lipinski definition) is 4. The normalized spacial score (nSPS) is 9.80. The predicted octanol–water partition coefficient (Wildman–Crippen LogP) is 2.75. The van der Waals surface area contributed by atoms with Gasteiger partial charge >= 0.3 is 0 Å². The molecule has 0 aromatic carbocycles. The molecule has 1 aromatic heterocycles. The highest BCUT2D eigenvalue weighted by Crippen LogP contribution is 2.16. The second-order valence-electron chi connectivity index (χ2n) is 2.51. The lowest BCUT2D eigenvalue weighted by Crippen LogP contribution is -1.91. The third kappa shape index (κ3) is 4.73. The molecule has 0 aliphatic carbocycles. The van der Waals surface area contributed by atoms with Crippen molar-refractivity contribution in [2.75, 3.05) is 12.9 Å². The smallest absolute Gasteiger partial charge is 0.266 e. The van der Waals surface area contributed by atoms with E-state index >= 15 is 0 Å². The number of hydrogen-bond donors (Lipinski definition) is 0. The summed E-state index contributed by atoms with van der Waals surface area (Å²) in [6, 6.07) is 1.63. The molecular weight excluding hydrogens is 222 g/mol. The zero-order valence-electron chi connectivity index (χ0n) is 8.11. The van der Waals surface area contributed by atoms with Crippen molar-refractivity contribution in [1.82, 2.24) is 9.97 Å². The Labute approximate surface area is 90.6 Å². The van der Waals surface area contributed by atoms with Crippen LogP contribution in [0.25, 0.3) is 0 Å². The molecule has 3 nitrogen and oxygen atoms in total. The van der Waals surface area contributed by atoms with Crippen LogP contribution >= 0.6 is 11.8 Å². The van der Waals surface area contributed by atoms with Gasteiger partial charge in [0.1, 0.15) is 0 Å². The van der Waals surface area contributed by atoms with Crippen LogP contribution in [0.4, 0.5) is 8.78 Å². The monoisotopic (exact) mass is 232 g/mol. The van der Waals surface area contributed by atoms with Crippen molar-refractivity contribution in [3.63, 3.8) is 0 Å². The summed E-state index contributed by atoms with van der Waals surface area (Å²) >= 11 is 1.31. The van der Waals surface area contributed by atoms with E-state index in [9.17, 15) is 8.78 Å². The number of thioether (sulfide) groups is 1. The second-order valence-corrected chi connectivity index (χ2v) is 3.57. The van der Waals surface area contributed by atoms with Crippen molar-refractivity contribution >= 4 is 11.8 Å². The van der Waals surface area contributed by atoms with E-state index in [0.29, 0.717) is 23.2 Å². The van der Waals surface area contributed by atoms with Gasteiger partial charge in [-0.3, -0.25) is 0 Å². The summed E-state index contributed by atoms with van der Waals surface area (Å²) in [6.07, 6.45) is 1.10. The van der Waals surface area contributed by atoms with Crippen LogP contribution in [0.5, 0.6) is 5.88 Å². The number of rotatable bonds is 5. The summed E-state index contributed by atoms with van der Waals surface area (Å²) in [5, 5.41) is 0.530. The first-order chi connectivity index (χ1) is 7.22. The van der Waals surface area contributed by atoms with Crippen molar-refractivity contribution in [1.29, 1.82) is 0 Å². The van der Waals surface area contributed by atoms with Crippen molar-refractivity contribution in [2.45, 2.75) is 11.6 Å². The Morgan fingerprint density at radius 3 is 3.07 bits per heavy atom. The fraction of sp³-hybridized carbons (Fsp3) is 0.333. The van der Waals surface area contributed by atoms with Gasteiger partial charge < -0.3 is 4.74 Å². The second kappa shape index (κ2) is 6.34. The zero-order chi connectivity index (χ0) is 11.1. The third-order valence-corrected chi connectivity index (χ3v) is 2.36. The number of allylic oxidation sites excluding steroid dienone is 1. The lowest BCUT2D eigenvalue weighted by molar-refractivity contribution is 0.392. The molecule has 0 amide bonds. The van der Waals surface area contributed by atoms with E-state index in [1.54, 1.807) is 12.3 Å². The average molecular weight is 232 g/mol. The minimum atomic E-state index is -1.65. The first kappa shape index (κ1) is 11.9. The van der Waals surface area contributed by atoms with Crippen molar-refractivity contribution in [3.8, 4) is 5.88 Å². The molecule has 0 atom stereocenters. The van der Waals surface area contributed by atoms with Gasteiger partial charge in [0, 0.05) is 18.0 Å². The third-order valence-electron chi connectivity index (χ3n) is 1.46. The Hall–Kier alpha value is -1.17. The van der Waals surface area contributed by atoms with Crippen LogP contribution in [-0.4, -0.2) is 22.8 Å². The van der Waals surface area contributed by atoms with E-state index in [2.05, 4.69) is 9.97 Å². The van der Waals surface area contributed by atoms with Crippen LogP contribution in [0, 0.1) is 0 Å². The van der Waals surface area contributed by atoms with Crippen LogP contribution in [0.1, 0.15) is 6.42 Å². The van der Waals surface area contributed by atoms with Gasteiger partial charge in [-0.2, -0.15) is 13.8 Å². The molecule has 1 rings (SSSR count). The fourth-order valence-electron chi connectivity index (χ4n) is 0.827. The maximum atomic E-state index is 11.7. The summed E-state index contributed by atoms with van der Waals surface area (Å²) in [5.74, 6) is 0.990. The van der Waals surface area contributed by atoms with Crippen LogP contribution in [0.3, 0.4) is 0 Å². The summed E-state index contributed by atoms with van der Waals surface area (Å²) < 4.78 is 28.3. The number of nitrogens with zero attached hydrogens (tertiary/aromatic N) is 2. The van der Waals surface area contributed by atoms with Crippen molar-refractivity contribution < 1.29 is 13.5 Å². The van der Waals surface area contributed by atoms with Gasteiger partial charge in [0.2, 0.25) is 5.88 Å². The van der Waals surface area contributed by atoms with Gasteiger partial charge in [-0.1, -0.05) is 11.8 Å².